The Kier molecular flexibility index (Phi) is 4.92. The van der Waals surface area contributed by atoms with Crippen LogP contribution in [0.5, 0.6) is 17.2 Å². The van der Waals surface area contributed by atoms with Gasteiger partial charge in [0.25, 0.3) is 5.91 Å². The number of amides is 1. The number of nitrogens with zero attached hydrogens (tertiary/aromatic N) is 2. The summed E-state index contributed by atoms with van der Waals surface area (Å²) < 4.78 is 10.2. The summed E-state index contributed by atoms with van der Waals surface area (Å²) in [6, 6.07) is 6.16. The first-order chi connectivity index (χ1) is 10.7. The van der Waals surface area contributed by atoms with Gasteiger partial charge in [0.05, 0.1) is 26.0 Å². The van der Waals surface area contributed by atoms with Gasteiger partial charge in [-0.2, -0.15) is 5.10 Å². The normalized spacial score (nSPS) is 10.5. The number of methoxy groups -OCH3 is 2. The van der Waals surface area contributed by atoms with Gasteiger partial charge in [0.15, 0.2) is 0 Å². The molecule has 0 fully saturated rings. The Labute approximate surface area is 127 Å². The molecule has 0 radical (unpaired) electrons. The molecule has 0 spiro atoms. The van der Waals surface area contributed by atoms with E-state index in [1.54, 1.807) is 18.2 Å². The van der Waals surface area contributed by atoms with E-state index < -0.39 is 0 Å². The lowest BCUT2D eigenvalue weighted by atomic mass is 10.2. The monoisotopic (exact) mass is 301 g/mol. The number of nitrogens with one attached hydrogen (secondary N) is 1. The molecule has 2 aromatic rings. The molecule has 0 saturated carbocycles. The van der Waals surface area contributed by atoms with E-state index in [4.69, 9.17) is 9.47 Å². The predicted molar refractivity (Wildman–Crippen MR) is 80.5 cm³/mol. The van der Waals surface area contributed by atoms with Gasteiger partial charge >= 0.3 is 0 Å². The van der Waals surface area contributed by atoms with Crippen molar-refractivity contribution < 1.29 is 19.4 Å². The largest absolute Gasteiger partial charge is 0.507 e. The summed E-state index contributed by atoms with van der Waals surface area (Å²) in [5.41, 5.74) is 3.12. The van der Waals surface area contributed by atoms with E-state index in [0.717, 1.165) is 0 Å². The molecule has 0 atom stereocenters. The Morgan fingerprint density at radius 2 is 2.00 bits per heavy atom. The number of benzene rings is 1. The number of hydrogen-bond acceptors (Lipinski definition) is 6. The molecule has 1 amide bonds. The van der Waals surface area contributed by atoms with Crippen molar-refractivity contribution in [3.63, 3.8) is 0 Å². The maximum atomic E-state index is 11.8. The Morgan fingerprint density at radius 3 is 2.64 bits per heavy atom. The maximum Gasteiger partial charge on any atom is 0.271 e. The number of carbonyl (C=O) groups is 1. The van der Waals surface area contributed by atoms with Gasteiger partial charge in [-0.05, 0) is 12.1 Å². The summed E-state index contributed by atoms with van der Waals surface area (Å²) in [5, 5.41) is 13.8. The second-order valence-corrected chi connectivity index (χ2v) is 4.20. The lowest BCUT2D eigenvalue weighted by Gasteiger charge is -2.09. The molecule has 1 aromatic carbocycles. The van der Waals surface area contributed by atoms with Crippen molar-refractivity contribution in [3.8, 4) is 17.2 Å². The number of phenolic OH excluding ortho intramolecular Hbond substituents is 1. The summed E-state index contributed by atoms with van der Waals surface area (Å²) in [6.45, 7) is 0. The summed E-state index contributed by atoms with van der Waals surface area (Å²) in [6.07, 6.45) is 4.32. The van der Waals surface area contributed by atoms with Crippen LogP contribution in [-0.4, -0.2) is 36.4 Å². The van der Waals surface area contributed by atoms with Crippen molar-refractivity contribution >= 4 is 12.1 Å². The smallest absolute Gasteiger partial charge is 0.271 e. The van der Waals surface area contributed by atoms with E-state index >= 15 is 0 Å². The van der Waals surface area contributed by atoms with Gasteiger partial charge in [0.1, 0.15) is 17.2 Å². The summed E-state index contributed by atoms with van der Waals surface area (Å²) in [5.74, 6) is 0.370. The van der Waals surface area contributed by atoms with Gasteiger partial charge < -0.3 is 14.6 Å². The second kappa shape index (κ2) is 7.07. The van der Waals surface area contributed by atoms with Crippen molar-refractivity contribution in [2.75, 3.05) is 14.2 Å². The van der Waals surface area contributed by atoms with E-state index in [0.29, 0.717) is 22.6 Å². The molecule has 1 heterocycles. The topological polar surface area (TPSA) is 93.0 Å². The minimum Gasteiger partial charge on any atom is -0.507 e. The Bertz CT molecular complexity index is 687. The minimum atomic E-state index is -0.384. The molecule has 1 aromatic heterocycles. The summed E-state index contributed by atoms with van der Waals surface area (Å²) in [7, 11) is 2.94. The number of hydrogen-bond donors (Lipinski definition) is 2. The number of aromatic nitrogens is 1. The zero-order valence-electron chi connectivity index (χ0n) is 12.1. The molecule has 22 heavy (non-hydrogen) atoms. The number of rotatable bonds is 5. The van der Waals surface area contributed by atoms with Crippen LogP contribution in [0.1, 0.15) is 15.9 Å². The number of pyridine rings is 1. The molecule has 2 rings (SSSR count). The van der Waals surface area contributed by atoms with Crippen molar-refractivity contribution in [1.29, 1.82) is 0 Å². The maximum absolute atomic E-state index is 11.8. The van der Waals surface area contributed by atoms with Crippen molar-refractivity contribution in [3.05, 3.63) is 47.8 Å². The van der Waals surface area contributed by atoms with Gasteiger partial charge in [-0.1, -0.05) is 0 Å². The zero-order chi connectivity index (χ0) is 15.9. The quantitative estimate of drug-likeness (QED) is 0.646. The number of aromatic hydroxyl groups is 1. The summed E-state index contributed by atoms with van der Waals surface area (Å²) >= 11 is 0. The zero-order valence-corrected chi connectivity index (χ0v) is 12.1. The fraction of sp³-hybridized carbons (Fsp3) is 0.133. The second-order valence-electron chi connectivity index (χ2n) is 4.20. The molecule has 0 aliphatic rings. The van der Waals surface area contributed by atoms with Gasteiger partial charge in [0.2, 0.25) is 0 Å². The van der Waals surface area contributed by atoms with Crippen molar-refractivity contribution in [1.82, 2.24) is 10.4 Å². The number of hydrazone groups is 1. The highest BCUT2D eigenvalue weighted by atomic mass is 16.5. The average molecular weight is 301 g/mol. The molecule has 0 saturated heterocycles. The number of phenols is 1. The third kappa shape index (κ3) is 3.51. The number of ether oxygens (including phenoxy) is 2. The predicted octanol–water partition coefficient (Wildman–Crippen LogP) is 1.57. The molecule has 0 unspecified atom stereocenters. The first kappa shape index (κ1) is 15.3. The standard InChI is InChI=1S/C15H15N3O4/c1-21-11-7-13(19)12(14(8-11)22-2)9-17-18-15(20)10-3-5-16-6-4-10/h3-9,19H,1-2H3,(H,18,20). The molecule has 0 bridgehead atoms. The van der Waals surface area contributed by atoms with Crippen LogP contribution in [0.2, 0.25) is 0 Å². The highest BCUT2D eigenvalue weighted by Gasteiger charge is 2.10. The van der Waals surface area contributed by atoms with Crippen molar-refractivity contribution in [2.24, 2.45) is 5.10 Å². The molecule has 0 aliphatic carbocycles. The van der Waals surface area contributed by atoms with Crippen LogP contribution < -0.4 is 14.9 Å². The van der Waals surface area contributed by atoms with Crippen LogP contribution in [0.25, 0.3) is 0 Å². The fourth-order valence-corrected chi connectivity index (χ4v) is 1.73. The average Bonchev–Trinajstić information content (AvgIpc) is 2.56. The van der Waals surface area contributed by atoms with Crippen LogP contribution in [0.15, 0.2) is 41.8 Å². The van der Waals surface area contributed by atoms with Crippen molar-refractivity contribution in [2.45, 2.75) is 0 Å². The van der Waals surface area contributed by atoms with E-state index in [9.17, 15) is 9.90 Å². The SMILES string of the molecule is COc1cc(O)c(C=NNC(=O)c2ccncc2)c(OC)c1. The van der Waals surface area contributed by atoms with E-state index in [2.05, 4.69) is 15.5 Å². The highest BCUT2D eigenvalue weighted by molar-refractivity contribution is 5.95. The van der Waals surface area contributed by atoms with Crippen LogP contribution in [0.4, 0.5) is 0 Å². The molecular weight excluding hydrogens is 286 g/mol. The third-order valence-corrected chi connectivity index (χ3v) is 2.85. The minimum absolute atomic E-state index is 0.0712. The van der Waals surface area contributed by atoms with Crippen LogP contribution in [-0.2, 0) is 0 Å². The van der Waals surface area contributed by atoms with E-state index in [1.807, 2.05) is 0 Å². The fourth-order valence-electron chi connectivity index (χ4n) is 1.73. The third-order valence-electron chi connectivity index (χ3n) is 2.85. The van der Waals surface area contributed by atoms with Crippen LogP contribution in [0.3, 0.4) is 0 Å². The lowest BCUT2D eigenvalue weighted by Crippen LogP contribution is -2.17. The molecule has 0 aliphatic heterocycles. The Balaban J connectivity index is 2.15. The number of carbonyl (C=O) groups excluding carboxylic acids is 1. The van der Waals surface area contributed by atoms with Crippen LogP contribution >= 0.6 is 0 Å². The van der Waals surface area contributed by atoms with E-state index in [-0.39, 0.29) is 11.7 Å². The van der Waals surface area contributed by atoms with Gasteiger partial charge in [-0.25, -0.2) is 5.43 Å². The molecule has 114 valence electrons. The first-order valence-electron chi connectivity index (χ1n) is 6.34. The Hall–Kier alpha value is -3.09. The molecule has 7 heteroatoms. The lowest BCUT2D eigenvalue weighted by molar-refractivity contribution is 0.0955. The van der Waals surface area contributed by atoms with E-state index in [1.165, 1.54) is 38.9 Å². The van der Waals surface area contributed by atoms with Gasteiger partial charge in [0, 0.05) is 30.1 Å². The summed E-state index contributed by atoms with van der Waals surface area (Å²) in [4.78, 5) is 15.6. The Morgan fingerprint density at radius 1 is 1.27 bits per heavy atom. The van der Waals surface area contributed by atoms with Gasteiger partial charge in [-0.3, -0.25) is 9.78 Å². The molecule has 7 nitrogen and oxygen atoms in total. The highest BCUT2D eigenvalue weighted by Crippen LogP contribution is 2.31. The molecular formula is C15H15N3O4. The first-order valence-corrected chi connectivity index (χ1v) is 6.34. The van der Waals surface area contributed by atoms with Crippen LogP contribution in [0, 0.1) is 0 Å². The van der Waals surface area contributed by atoms with Gasteiger partial charge in [-0.15, -0.1) is 0 Å². The molecule has 2 N–H and O–H groups in total.